The van der Waals surface area contributed by atoms with Crippen molar-refractivity contribution in [3.8, 4) is 28.3 Å². The number of nitrogens with two attached hydrogens (primary N) is 1. The standard InChI is InChI=1S/C22H18N2O3S/c1-11(25)21-19(23)18-17(16-4-3-9-27-16)15-7-5-12-10-13(26-2)6-8-14(12)20(15)24-22(18)28-21/h3-4,6,8-10H,5,7,23H2,1-2H3. The first-order valence-corrected chi connectivity index (χ1v) is 9.87. The van der Waals surface area contributed by atoms with Crippen molar-refractivity contribution in [3.05, 3.63) is 52.6 Å². The number of carbonyl (C=O) groups excluding carboxylic acids is 1. The van der Waals surface area contributed by atoms with Gasteiger partial charge in [0.25, 0.3) is 0 Å². The van der Waals surface area contributed by atoms with Gasteiger partial charge in [0.15, 0.2) is 5.78 Å². The monoisotopic (exact) mass is 390 g/mol. The third kappa shape index (κ3) is 2.38. The molecule has 0 saturated carbocycles. The summed E-state index contributed by atoms with van der Waals surface area (Å²) in [5.41, 5.74) is 12.2. The summed E-state index contributed by atoms with van der Waals surface area (Å²) in [6.45, 7) is 1.54. The number of benzene rings is 1. The van der Waals surface area contributed by atoms with Crippen LogP contribution in [0.5, 0.6) is 5.75 Å². The zero-order chi connectivity index (χ0) is 19.4. The summed E-state index contributed by atoms with van der Waals surface area (Å²) in [6.07, 6.45) is 3.35. The molecule has 5 nitrogen and oxygen atoms in total. The molecule has 4 aromatic rings. The molecular formula is C22H18N2O3S. The number of Topliss-reactive ketones (excluding diaryl/α,β-unsaturated/α-hetero) is 1. The Bertz CT molecular complexity index is 1240. The lowest BCUT2D eigenvalue weighted by molar-refractivity contribution is 0.102. The molecule has 3 aromatic heterocycles. The van der Waals surface area contributed by atoms with Crippen LogP contribution in [0.4, 0.5) is 5.69 Å². The topological polar surface area (TPSA) is 78.3 Å². The number of aryl methyl sites for hydroxylation is 1. The van der Waals surface area contributed by atoms with Crippen LogP contribution in [-0.4, -0.2) is 17.9 Å². The molecule has 28 heavy (non-hydrogen) atoms. The zero-order valence-corrected chi connectivity index (χ0v) is 16.4. The highest BCUT2D eigenvalue weighted by molar-refractivity contribution is 7.21. The van der Waals surface area contributed by atoms with E-state index in [9.17, 15) is 4.79 Å². The smallest absolute Gasteiger partial charge is 0.171 e. The van der Waals surface area contributed by atoms with Gasteiger partial charge in [0.2, 0.25) is 0 Å². The molecule has 6 heteroatoms. The first-order chi connectivity index (χ1) is 13.6. The van der Waals surface area contributed by atoms with Crippen LogP contribution >= 0.6 is 11.3 Å². The summed E-state index contributed by atoms with van der Waals surface area (Å²) in [6, 6.07) is 9.88. The zero-order valence-electron chi connectivity index (χ0n) is 15.5. The van der Waals surface area contributed by atoms with Crippen molar-refractivity contribution in [1.82, 2.24) is 4.98 Å². The molecule has 1 aliphatic carbocycles. The number of methoxy groups -OCH3 is 1. The summed E-state index contributed by atoms with van der Waals surface area (Å²) in [4.78, 5) is 18.3. The van der Waals surface area contributed by atoms with Gasteiger partial charge in [-0.2, -0.15) is 0 Å². The van der Waals surface area contributed by atoms with E-state index < -0.39 is 0 Å². The molecule has 0 amide bonds. The highest BCUT2D eigenvalue weighted by Crippen LogP contribution is 2.47. The van der Waals surface area contributed by atoms with Gasteiger partial charge < -0.3 is 14.9 Å². The van der Waals surface area contributed by atoms with Gasteiger partial charge in [-0.05, 0) is 54.3 Å². The second-order valence-electron chi connectivity index (χ2n) is 6.90. The van der Waals surface area contributed by atoms with Crippen LogP contribution in [0.25, 0.3) is 32.8 Å². The Labute approximate surface area is 165 Å². The SMILES string of the molecule is COc1ccc2c(c1)CCc1c-2nc2sc(C(C)=O)c(N)c2c1-c1ccco1. The molecule has 1 aromatic carbocycles. The second-order valence-corrected chi connectivity index (χ2v) is 7.89. The molecule has 0 aliphatic heterocycles. The lowest BCUT2D eigenvalue weighted by Crippen LogP contribution is -2.08. The summed E-state index contributed by atoms with van der Waals surface area (Å²) >= 11 is 1.35. The van der Waals surface area contributed by atoms with Crippen molar-refractivity contribution in [2.24, 2.45) is 0 Å². The Kier molecular flexibility index (Phi) is 3.77. The van der Waals surface area contributed by atoms with Gasteiger partial charge >= 0.3 is 0 Å². The first-order valence-electron chi connectivity index (χ1n) is 9.05. The minimum absolute atomic E-state index is 0.0472. The van der Waals surface area contributed by atoms with Crippen LogP contribution in [-0.2, 0) is 12.8 Å². The molecule has 0 fully saturated rings. The average Bonchev–Trinajstić information content (AvgIpc) is 3.34. The van der Waals surface area contributed by atoms with Gasteiger partial charge in [-0.25, -0.2) is 4.98 Å². The van der Waals surface area contributed by atoms with Crippen LogP contribution in [0.3, 0.4) is 0 Å². The third-order valence-electron chi connectivity index (χ3n) is 5.28. The van der Waals surface area contributed by atoms with Gasteiger partial charge in [-0.3, -0.25) is 4.79 Å². The number of carbonyl (C=O) groups is 1. The van der Waals surface area contributed by atoms with Crippen molar-refractivity contribution in [3.63, 3.8) is 0 Å². The number of pyridine rings is 1. The quantitative estimate of drug-likeness (QED) is 0.492. The number of hydrogen-bond donors (Lipinski definition) is 1. The maximum Gasteiger partial charge on any atom is 0.171 e. The van der Waals surface area contributed by atoms with Crippen molar-refractivity contribution >= 4 is 33.0 Å². The van der Waals surface area contributed by atoms with E-state index in [1.165, 1.54) is 23.8 Å². The number of fused-ring (bicyclic) bond motifs is 4. The normalized spacial score (nSPS) is 12.6. The lowest BCUT2D eigenvalue weighted by atomic mass is 9.85. The molecule has 140 valence electrons. The highest BCUT2D eigenvalue weighted by atomic mass is 32.1. The van der Waals surface area contributed by atoms with Gasteiger partial charge in [0.05, 0.1) is 29.6 Å². The highest BCUT2D eigenvalue weighted by Gasteiger charge is 2.28. The van der Waals surface area contributed by atoms with E-state index in [1.54, 1.807) is 13.4 Å². The fourth-order valence-electron chi connectivity index (χ4n) is 4.01. The average molecular weight is 390 g/mol. The number of ketones is 1. The number of hydrogen-bond acceptors (Lipinski definition) is 6. The number of aromatic nitrogens is 1. The van der Waals surface area contributed by atoms with E-state index in [4.69, 9.17) is 19.9 Å². The molecule has 0 unspecified atom stereocenters. The number of ether oxygens (including phenoxy) is 1. The fourth-order valence-corrected chi connectivity index (χ4v) is 5.01. The third-order valence-corrected chi connectivity index (χ3v) is 6.48. The maximum atomic E-state index is 12.1. The number of furan rings is 1. The predicted octanol–water partition coefficient (Wildman–Crippen LogP) is 5.12. The second kappa shape index (κ2) is 6.21. The molecule has 0 spiro atoms. The van der Waals surface area contributed by atoms with Crippen LogP contribution < -0.4 is 10.5 Å². The Morgan fingerprint density at radius 3 is 2.86 bits per heavy atom. The predicted molar refractivity (Wildman–Crippen MR) is 111 cm³/mol. The van der Waals surface area contributed by atoms with Crippen molar-refractivity contribution in [2.45, 2.75) is 19.8 Å². The molecule has 0 saturated heterocycles. The van der Waals surface area contributed by atoms with Crippen molar-refractivity contribution in [2.75, 3.05) is 12.8 Å². The largest absolute Gasteiger partial charge is 0.497 e. The van der Waals surface area contributed by atoms with E-state index in [-0.39, 0.29) is 5.78 Å². The Hall–Kier alpha value is -3.12. The summed E-state index contributed by atoms with van der Waals surface area (Å²) in [7, 11) is 1.67. The van der Waals surface area contributed by atoms with Crippen LogP contribution in [0, 0.1) is 0 Å². The van der Waals surface area contributed by atoms with Crippen molar-refractivity contribution in [1.29, 1.82) is 0 Å². The molecule has 3 heterocycles. The molecule has 0 atom stereocenters. The van der Waals surface area contributed by atoms with Gasteiger partial charge in [0.1, 0.15) is 16.3 Å². The minimum atomic E-state index is -0.0472. The molecule has 1 aliphatic rings. The van der Waals surface area contributed by atoms with E-state index in [0.29, 0.717) is 10.6 Å². The van der Waals surface area contributed by atoms with Crippen LogP contribution in [0.1, 0.15) is 27.7 Å². The first kappa shape index (κ1) is 17.0. The number of nitrogen functional groups attached to an aromatic ring is 1. The number of nitrogens with zero attached hydrogens (tertiary/aromatic N) is 1. The Morgan fingerprint density at radius 2 is 2.14 bits per heavy atom. The lowest BCUT2D eigenvalue weighted by Gasteiger charge is -2.22. The van der Waals surface area contributed by atoms with Gasteiger partial charge in [0, 0.05) is 23.4 Å². The summed E-state index contributed by atoms with van der Waals surface area (Å²) in [5.74, 6) is 1.54. The van der Waals surface area contributed by atoms with E-state index >= 15 is 0 Å². The Morgan fingerprint density at radius 1 is 1.29 bits per heavy atom. The molecular weight excluding hydrogens is 372 g/mol. The number of anilines is 1. The van der Waals surface area contributed by atoms with Gasteiger partial charge in [-0.1, -0.05) is 0 Å². The van der Waals surface area contributed by atoms with E-state index in [0.717, 1.165) is 57.0 Å². The maximum absolute atomic E-state index is 12.1. The van der Waals surface area contributed by atoms with E-state index in [2.05, 4.69) is 12.1 Å². The minimum Gasteiger partial charge on any atom is -0.497 e. The molecule has 0 radical (unpaired) electrons. The number of rotatable bonds is 3. The van der Waals surface area contributed by atoms with E-state index in [1.807, 2.05) is 18.2 Å². The number of thiophene rings is 1. The van der Waals surface area contributed by atoms with Crippen LogP contribution in [0.2, 0.25) is 0 Å². The fraction of sp³-hybridized carbons (Fsp3) is 0.182. The van der Waals surface area contributed by atoms with Gasteiger partial charge in [-0.15, -0.1) is 11.3 Å². The summed E-state index contributed by atoms with van der Waals surface area (Å²) < 4.78 is 11.1. The molecule has 2 N–H and O–H groups in total. The molecule has 5 rings (SSSR count). The summed E-state index contributed by atoms with van der Waals surface area (Å²) in [5, 5.41) is 0.820. The van der Waals surface area contributed by atoms with Crippen LogP contribution in [0.15, 0.2) is 41.0 Å². The Balaban J connectivity index is 1.88. The van der Waals surface area contributed by atoms with Crippen molar-refractivity contribution < 1.29 is 13.9 Å². The molecule has 0 bridgehead atoms.